The van der Waals surface area contributed by atoms with Crippen LogP contribution < -0.4 is 0 Å². The molecule has 4 nitrogen and oxygen atoms in total. The number of piperidine rings is 1. The van der Waals surface area contributed by atoms with Crippen molar-refractivity contribution >= 4 is 28.8 Å². The molecule has 1 aliphatic heterocycles. The van der Waals surface area contributed by atoms with Crippen molar-refractivity contribution in [2.45, 2.75) is 19.3 Å². The fourth-order valence-electron chi connectivity index (χ4n) is 3.43. The van der Waals surface area contributed by atoms with Gasteiger partial charge in [-0.25, -0.2) is 4.98 Å². The number of likely N-dealkylation sites (tertiary alicyclic amines) is 1. The summed E-state index contributed by atoms with van der Waals surface area (Å²) in [7, 11) is 1.88. The van der Waals surface area contributed by atoms with Crippen LogP contribution >= 0.6 is 22.9 Å². The topological polar surface area (TPSA) is 36.4 Å². The Bertz CT molecular complexity index is 674. The summed E-state index contributed by atoms with van der Waals surface area (Å²) in [5.41, 5.74) is 3.59. The molecule has 1 aromatic carbocycles. The lowest BCUT2D eigenvalue weighted by Gasteiger charge is -2.34. The largest absolute Gasteiger partial charge is 0.340 e. The Labute approximate surface area is 158 Å². The molecule has 0 saturated carbocycles. The predicted molar refractivity (Wildman–Crippen MR) is 103 cm³/mol. The molecular weight excluding hydrogens is 354 g/mol. The Hall–Kier alpha value is -1.43. The predicted octanol–water partition coefficient (Wildman–Crippen LogP) is 3.82. The first kappa shape index (κ1) is 18.4. The minimum absolute atomic E-state index is 0.0273. The van der Waals surface area contributed by atoms with Gasteiger partial charge in [-0.1, -0.05) is 23.7 Å². The molecule has 0 radical (unpaired) electrons. The summed E-state index contributed by atoms with van der Waals surface area (Å²) >= 11 is 7.41. The van der Waals surface area contributed by atoms with Gasteiger partial charge in [-0.2, -0.15) is 0 Å². The Morgan fingerprint density at radius 2 is 2.20 bits per heavy atom. The zero-order chi connectivity index (χ0) is 17.6. The van der Waals surface area contributed by atoms with Crippen LogP contribution in [0.3, 0.4) is 0 Å². The van der Waals surface area contributed by atoms with Crippen molar-refractivity contribution in [2.24, 2.45) is 5.92 Å². The number of amides is 1. The molecule has 2 heterocycles. The minimum atomic E-state index is 0.0273. The summed E-state index contributed by atoms with van der Waals surface area (Å²) in [4.78, 5) is 20.8. The number of halogens is 1. The normalized spacial score (nSPS) is 18.2. The number of carbonyl (C=O) groups excluding carboxylic acids is 1. The van der Waals surface area contributed by atoms with Gasteiger partial charge in [0, 0.05) is 37.1 Å². The third-order valence-corrected chi connectivity index (χ3v) is 5.60. The van der Waals surface area contributed by atoms with Crippen LogP contribution in [0.2, 0.25) is 5.02 Å². The van der Waals surface area contributed by atoms with E-state index >= 15 is 0 Å². The first-order valence-electron chi connectivity index (χ1n) is 8.72. The lowest BCUT2D eigenvalue weighted by Crippen LogP contribution is -2.42. The summed E-state index contributed by atoms with van der Waals surface area (Å²) in [6.07, 6.45) is 3.42. The van der Waals surface area contributed by atoms with Crippen molar-refractivity contribution in [1.82, 2.24) is 14.8 Å². The molecule has 1 fully saturated rings. The number of hydrogen-bond donors (Lipinski definition) is 0. The van der Waals surface area contributed by atoms with Gasteiger partial charge in [-0.15, -0.1) is 11.3 Å². The molecule has 1 aliphatic rings. The van der Waals surface area contributed by atoms with E-state index in [1.54, 1.807) is 5.51 Å². The van der Waals surface area contributed by atoms with Crippen molar-refractivity contribution in [2.75, 3.05) is 33.2 Å². The van der Waals surface area contributed by atoms with Crippen molar-refractivity contribution in [3.8, 4) is 0 Å². The van der Waals surface area contributed by atoms with Crippen molar-refractivity contribution < 1.29 is 4.79 Å². The average molecular weight is 378 g/mol. The summed E-state index contributed by atoms with van der Waals surface area (Å²) in [6, 6.07) is 8.11. The van der Waals surface area contributed by atoms with Crippen LogP contribution in [0.4, 0.5) is 0 Å². The third kappa shape index (κ3) is 5.27. The average Bonchev–Trinajstić information content (AvgIpc) is 3.15. The Kier molecular flexibility index (Phi) is 6.45. The molecular formula is C19H24ClN3OS. The van der Waals surface area contributed by atoms with Gasteiger partial charge in [-0.05, 0) is 49.4 Å². The molecule has 0 N–H and O–H groups in total. The van der Waals surface area contributed by atoms with Crippen LogP contribution in [0.15, 0.2) is 35.2 Å². The molecule has 3 rings (SSSR count). The standard InChI is InChI=1S/C19H24ClN3OS/c1-22(19(24)18-13-25-14-21-18)11-16-3-2-9-23(12-16)10-8-15-4-6-17(20)7-5-15/h4-7,13-14,16H,2-3,8-12H2,1H3. The zero-order valence-electron chi connectivity index (χ0n) is 14.5. The smallest absolute Gasteiger partial charge is 0.273 e. The van der Waals surface area contributed by atoms with Crippen molar-refractivity contribution in [3.05, 3.63) is 51.4 Å². The Morgan fingerprint density at radius 1 is 1.40 bits per heavy atom. The minimum Gasteiger partial charge on any atom is -0.340 e. The number of benzene rings is 1. The van der Waals surface area contributed by atoms with Crippen LogP contribution in [0.1, 0.15) is 28.9 Å². The molecule has 0 aliphatic carbocycles. The van der Waals surface area contributed by atoms with E-state index < -0.39 is 0 Å². The third-order valence-electron chi connectivity index (χ3n) is 4.76. The first-order chi connectivity index (χ1) is 12.1. The highest BCUT2D eigenvalue weighted by Gasteiger charge is 2.23. The highest BCUT2D eigenvalue weighted by atomic mass is 35.5. The van der Waals surface area contributed by atoms with E-state index in [9.17, 15) is 4.79 Å². The molecule has 1 amide bonds. The summed E-state index contributed by atoms with van der Waals surface area (Å²) in [6.45, 7) is 4.06. The van der Waals surface area contributed by atoms with Crippen LogP contribution in [0.5, 0.6) is 0 Å². The SMILES string of the molecule is CN(CC1CCCN(CCc2ccc(Cl)cc2)C1)C(=O)c1cscn1. The molecule has 25 heavy (non-hydrogen) atoms. The van der Waals surface area contributed by atoms with Gasteiger partial charge in [0.15, 0.2) is 0 Å². The van der Waals surface area contributed by atoms with Crippen LogP contribution in [0.25, 0.3) is 0 Å². The van der Waals surface area contributed by atoms with Gasteiger partial charge >= 0.3 is 0 Å². The second kappa shape index (κ2) is 8.79. The highest BCUT2D eigenvalue weighted by molar-refractivity contribution is 7.07. The number of thiazole rings is 1. The van der Waals surface area contributed by atoms with Gasteiger partial charge in [0.1, 0.15) is 5.69 Å². The zero-order valence-corrected chi connectivity index (χ0v) is 16.1. The lowest BCUT2D eigenvalue weighted by atomic mass is 9.97. The Morgan fingerprint density at radius 3 is 2.92 bits per heavy atom. The van der Waals surface area contributed by atoms with Crippen LogP contribution in [0, 0.1) is 5.92 Å². The van der Waals surface area contributed by atoms with Gasteiger partial charge in [0.05, 0.1) is 5.51 Å². The van der Waals surface area contributed by atoms with E-state index in [4.69, 9.17) is 11.6 Å². The van der Waals surface area contributed by atoms with Gasteiger partial charge < -0.3 is 9.80 Å². The van der Waals surface area contributed by atoms with Crippen LogP contribution in [-0.4, -0.2) is 53.9 Å². The maximum absolute atomic E-state index is 12.3. The van der Waals surface area contributed by atoms with Gasteiger partial charge in [-0.3, -0.25) is 4.79 Å². The second-order valence-electron chi connectivity index (χ2n) is 6.74. The number of rotatable bonds is 6. The van der Waals surface area contributed by atoms with Crippen molar-refractivity contribution in [3.63, 3.8) is 0 Å². The quantitative estimate of drug-likeness (QED) is 0.767. The molecule has 2 aromatic rings. The van der Waals surface area contributed by atoms with E-state index in [1.807, 2.05) is 29.5 Å². The maximum Gasteiger partial charge on any atom is 0.273 e. The summed E-state index contributed by atoms with van der Waals surface area (Å²) < 4.78 is 0. The molecule has 1 aromatic heterocycles. The highest BCUT2D eigenvalue weighted by Crippen LogP contribution is 2.19. The van der Waals surface area contributed by atoms with Gasteiger partial charge in [0.2, 0.25) is 0 Å². The molecule has 1 atom stereocenters. The molecule has 134 valence electrons. The fourth-order valence-corrected chi connectivity index (χ4v) is 4.08. The van der Waals surface area contributed by atoms with E-state index in [0.717, 1.165) is 37.6 Å². The number of nitrogens with zero attached hydrogens (tertiary/aromatic N) is 3. The molecule has 6 heteroatoms. The number of hydrogen-bond acceptors (Lipinski definition) is 4. The molecule has 1 saturated heterocycles. The molecule has 0 bridgehead atoms. The second-order valence-corrected chi connectivity index (χ2v) is 7.90. The van der Waals surface area contributed by atoms with Crippen molar-refractivity contribution in [1.29, 1.82) is 0 Å². The lowest BCUT2D eigenvalue weighted by molar-refractivity contribution is 0.0725. The molecule has 0 spiro atoms. The summed E-state index contributed by atoms with van der Waals surface area (Å²) in [5, 5.41) is 2.60. The summed E-state index contributed by atoms with van der Waals surface area (Å²) in [5.74, 6) is 0.561. The maximum atomic E-state index is 12.3. The van der Waals surface area contributed by atoms with Gasteiger partial charge in [0.25, 0.3) is 5.91 Å². The van der Waals surface area contributed by atoms with E-state index in [-0.39, 0.29) is 5.91 Å². The van der Waals surface area contributed by atoms with E-state index in [1.165, 1.54) is 29.7 Å². The van der Waals surface area contributed by atoms with E-state index in [2.05, 4.69) is 22.0 Å². The first-order valence-corrected chi connectivity index (χ1v) is 10.0. The van der Waals surface area contributed by atoms with Crippen LogP contribution in [-0.2, 0) is 6.42 Å². The number of carbonyl (C=O) groups is 1. The monoisotopic (exact) mass is 377 g/mol. The fraction of sp³-hybridized carbons (Fsp3) is 0.474. The Balaban J connectivity index is 1.47. The van der Waals surface area contributed by atoms with E-state index in [0.29, 0.717) is 11.6 Å². The molecule has 1 unspecified atom stereocenters. The number of aromatic nitrogens is 1.